The van der Waals surface area contributed by atoms with Crippen molar-refractivity contribution in [2.75, 3.05) is 0 Å². The van der Waals surface area contributed by atoms with Crippen LogP contribution in [0.25, 0.3) is 0 Å². The first kappa shape index (κ1) is 16.8. The maximum absolute atomic E-state index is 13.1. The predicted molar refractivity (Wildman–Crippen MR) is 91.0 cm³/mol. The van der Waals surface area contributed by atoms with E-state index in [1.165, 1.54) is 0 Å². The van der Waals surface area contributed by atoms with Gasteiger partial charge in [-0.1, -0.05) is 20.8 Å². The molecule has 0 spiro atoms. The Morgan fingerprint density at radius 1 is 1.12 bits per heavy atom. The molecule has 1 aromatic carbocycles. The van der Waals surface area contributed by atoms with Gasteiger partial charge < -0.3 is 14.6 Å². The van der Waals surface area contributed by atoms with Crippen LogP contribution in [0.1, 0.15) is 68.4 Å². The fourth-order valence-electron chi connectivity index (χ4n) is 4.55. The van der Waals surface area contributed by atoms with E-state index in [9.17, 15) is 19.5 Å². The largest absolute Gasteiger partial charge is 0.504 e. The van der Waals surface area contributed by atoms with Gasteiger partial charge in [0.05, 0.1) is 11.8 Å². The molecule has 0 bridgehead atoms. The second kappa shape index (κ2) is 4.75. The number of rotatable bonds is 1. The minimum atomic E-state index is -1.04. The third kappa shape index (κ3) is 1.79. The molecule has 0 saturated heterocycles. The minimum Gasteiger partial charge on any atom is -0.504 e. The van der Waals surface area contributed by atoms with E-state index in [-0.39, 0.29) is 29.6 Å². The maximum Gasteiger partial charge on any atom is 0.321 e. The summed E-state index contributed by atoms with van der Waals surface area (Å²) < 4.78 is 10.7. The maximum atomic E-state index is 13.1. The molecular weight excluding hydrogens is 336 g/mol. The molecule has 1 unspecified atom stereocenters. The lowest BCUT2D eigenvalue weighted by atomic mass is 9.59. The van der Waals surface area contributed by atoms with Gasteiger partial charge in [-0.3, -0.25) is 14.4 Å². The van der Waals surface area contributed by atoms with Gasteiger partial charge in [0.2, 0.25) is 5.78 Å². The van der Waals surface area contributed by atoms with Crippen molar-refractivity contribution >= 4 is 17.7 Å². The number of hydrogen-bond acceptors (Lipinski definition) is 6. The summed E-state index contributed by atoms with van der Waals surface area (Å²) in [6.45, 7) is 8.91. The highest BCUT2D eigenvalue weighted by Gasteiger charge is 2.60. The molecule has 3 aliphatic rings. The smallest absolute Gasteiger partial charge is 0.321 e. The van der Waals surface area contributed by atoms with Crippen molar-refractivity contribution in [3.8, 4) is 11.5 Å². The van der Waals surface area contributed by atoms with Gasteiger partial charge in [0.25, 0.3) is 0 Å². The van der Waals surface area contributed by atoms with E-state index in [4.69, 9.17) is 9.47 Å². The molecule has 26 heavy (non-hydrogen) atoms. The Morgan fingerprint density at radius 3 is 2.38 bits per heavy atom. The molecule has 6 nitrogen and oxygen atoms in total. The van der Waals surface area contributed by atoms with E-state index >= 15 is 0 Å². The van der Waals surface area contributed by atoms with Crippen LogP contribution in [0.3, 0.4) is 0 Å². The van der Waals surface area contributed by atoms with E-state index < -0.39 is 28.6 Å². The first-order chi connectivity index (χ1) is 12.0. The lowest BCUT2D eigenvalue weighted by Crippen LogP contribution is -2.44. The topological polar surface area (TPSA) is 89.9 Å². The van der Waals surface area contributed by atoms with Crippen LogP contribution in [0.15, 0.2) is 17.4 Å². The van der Waals surface area contributed by atoms with E-state index in [2.05, 4.69) is 0 Å². The predicted octanol–water partition coefficient (Wildman–Crippen LogP) is 3.12. The Balaban J connectivity index is 2.13. The number of carbonyl (C=O) groups excluding carboxylic acids is 3. The number of aromatic hydroxyl groups is 1. The summed E-state index contributed by atoms with van der Waals surface area (Å²) >= 11 is 0. The molecule has 4 rings (SSSR count). The SMILES string of the molecule is CC(C)c1cc2c3c(c1O)OC(=O)CC3(C)C1=C(OC(=O)C1(C)C)C2=O. The van der Waals surface area contributed by atoms with Crippen molar-refractivity contribution in [1.29, 1.82) is 0 Å². The van der Waals surface area contributed by atoms with E-state index in [1.807, 2.05) is 13.8 Å². The summed E-state index contributed by atoms with van der Waals surface area (Å²) in [6, 6.07) is 1.63. The molecule has 0 radical (unpaired) electrons. The average molecular weight is 356 g/mol. The van der Waals surface area contributed by atoms with Gasteiger partial charge in [-0.2, -0.15) is 0 Å². The summed E-state index contributed by atoms with van der Waals surface area (Å²) in [6.07, 6.45) is -0.0281. The lowest BCUT2D eigenvalue weighted by Gasteiger charge is -2.42. The van der Waals surface area contributed by atoms with Crippen LogP contribution in [0.5, 0.6) is 11.5 Å². The third-order valence-electron chi connectivity index (χ3n) is 5.73. The van der Waals surface area contributed by atoms with Crippen molar-refractivity contribution in [3.63, 3.8) is 0 Å². The molecule has 2 aliphatic heterocycles. The molecule has 6 heteroatoms. The van der Waals surface area contributed by atoms with Crippen molar-refractivity contribution in [2.45, 2.75) is 52.4 Å². The molecule has 1 aromatic rings. The number of carbonyl (C=O) groups is 3. The Labute approximate surface area is 150 Å². The Bertz CT molecular complexity index is 950. The number of phenolic OH excluding ortho intramolecular Hbond substituents is 1. The highest BCUT2D eigenvalue weighted by Crippen LogP contribution is 2.60. The first-order valence-electron chi connectivity index (χ1n) is 8.63. The quantitative estimate of drug-likeness (QED) is 0.614. The summed E-state index contributed by atoms with van der Waals surface area (Å²) in [7, 11) is 0. The van der Waals surface area contributed by atoms with Crippen molar-refractivity contribution in [3.05, 3.63) is 34.1 Å². The number of Topliss-reactive ketones (excluding diaryl/α,β-unsaturated/α-hetero) is 1. The molecule has 0 fully saturated rings. The van der Waals surface area contributed by atoms with Crippen molar-refractivity contribution < 1.29 is 29.0 Å². The fourth-order valence-corrected chi connectivity index (χ4v) is 4.55. The minimum absolute atomic E-state index is 0.0102. The molecule has 0 amide bonds. The van der Waals surface area contributed by atoms with Gasteiger partial charge in [-0.25, -0.2) is 0 Å². The second-order valence-corrected chi connectivity index (χ2v) is 8.25. The number of benzene rings is 1. The number of fused-ring (bicyclic) bond motifs is 1. The summed E-state index contributed by atoms with van der Waals surface area (Å²) in [5, 5.41) is 10.7. The van der Waals surface area contributed by atoms with Gasteiger partial charge in [-0.05, 0) is 25.8 Å². The molecule has 2 heterocycles. The van der Waals surface area contributed by atoms with E-state index in [1.54, 1.807) is 26.8 Å². The van der Waals surface area contributed by atoms with Crippen LogP contribution in [-0.4, -0.2) is 22.8 Å². The molecule has 136 valence electrons. The normalized spacial score (nSPS) is 25.8. The second-order valence-electron chi connectivity index (χ2n) is 8.25. The first-order valence-corrected chi connectivity index (χ1v) is 8.63. The van der Waals surface area contributed by atoms with Gasteiger partial charge in [0.1, 0.15) is 0 Å². The number of esters is 2. The average Bonchev–Trinajstić information content (AvgIpc) is 2.77. The molecule has 0 saturated carbocycles. The van der Waals surface area contributed by atoms with Gasteiger partial charge in [-0.15, -0.1) is 0 Å². The summed E-state index contributed by atoms with van der Waals surface area (Å²) in [4.78, 5) is 37.9. The highest BCUT2D eigenvalue weighted by atomic mass is 16.6. The molecule has 1 atom stereocenters. The van der Waals surface area contributed by atoms with E-state index in [0.29, 0.717) is 22.3 Å². The zero-order valence-corrected chi connectivity index (χ0v) is 15.4. The number of ether oxygens (including phenoxy) is 2. The van der Waals surface area contributed by atoms with Crippen LogP contribution < -0.4 is 4.74 Å². The third-order valence-corrected chi connectivity index (χ3v) is 5.73. The van der Waals surface area contributed by atoms with Crippen LogP contribution in [0.4, 0.5) is 0 Å². The Morgan fingerprint density at radius 2 is 1.77 bits per heavy atom. The van der Waals surface area contributed by atoms with Crippen LogP contribution in [0.2, 0.25) is 0 Å². The van der Waals surface area contributed by atoms with Crippen LogP contribution in [-0.2, 0) is 19.7 Å². The van der Waals surface area contributed by atoms with Crippen LogP contribution >= 0.6 is 0 Å². The summed E-state index contributed by atoms with van der Waals surface area (Å²) in [5.74, 6) is -1.62. The number of ketones is 1. The van der Waals surface area contributed by atoms with Crippen LogP contribution in [0, 0.1) is 5.41 Å². The lowest BCUT2D eigenvalue weighted by molar-refractivity contribution is -0.144. The monoisotopic (exact) mass is 356 g/mol. The standard InChI is InChI=1S/C20H20O6/c1-8(2)9-6-10-12-15(13(9)22)25-11(21)7-20(12,5)17-16(14(10)23)26-18(24)19(17,3)4/h6,8,22H,7H2,1-5H3. The van der Waals surface area contributed by atoms with Gasteiger partial charge in [0, 0.05) is 27.7 Å². The van der Waals surface area contributed by atoms with Gasteiger partial charge in [0.15, 0.2) is 17.3 Å². The van der Waals surface area contributed by atoms with E-state index in [0.717, 1.165) is 0 Å². The van der Waals surface area contributed by atoms with Crippen molar-refractivity contribution in [2.24, 2.45) is 5.41 Å². The zero-order chi connectivity index (χ0) is 19.2. The number of phenols is 1. The molecule has 1 aliphatic carbocycles. The molecule has 0 aromatic heterocycles. The number of hydrogen-bond donors (Lipinski definition) is 1. The van der Waals surface area contributed by atoms with Crippen molar-refractivity contribution in [1.82, 2.24) is 0 Å². The molecular formula is C20H20O6. The highest BCUT2D eigenvalue weighted by molar-refractivity contribution is 6.16. The zero-order valence-electron chi connectivity index (χ0n) is 15.4. The van der Waals surface area contributed by atoms with Gasteiger partial charge >= 0.3 is 11.9 Å². The Hall–Kier alpha value is -2.63. The Kier molecular flexibility index (Phi) is 3.07. The fraction of sp³-hybridized carbons (Fsp3) is 0.450. The number of allylic oxidation sites excluding steroid dienone is 1. The summed E-state index contributed by atoms with van der Waals surface area (Å²) in [5.41, 5.74) is -0.210. The molecule has 1 N–H and O–H groups in total.